The first-order chi connectivity index (χ1) is 6.48. The highest BCUT2D eigenvalue weighted by Crippen LogP contribution is 2.66. The van der Waals surface area contributed by atoms with Gasteiger partial charge in [-0.25, -0.2) is 8.78 Å². The number of Topliss-reactive ketones (excluding diaryl/α,β-unsaturated/α-hetero) is 1. The number of carbonyl (C=O) groups is 1. The van der Waals surface area contributed by atoms with Crippen molar-refractivity contribution in [3.63, 3.8) is 0 Å². The van der Waals surface area contributed by atoms with Gasteiger partial charge < -0.3 is 0 Å². The number of hydrogen-bond acceptors (Lipinski definition) is 1. The molecule has 80 valence electrons. The lowest BCUT2D eigenvalue weighted by molar-refractivity contribution is -0.122. The molecule has 0 bridgehead atoms. The molecule has 0 aliphatic heterocycles. The summed E-state index contributed by atoms with van der Waals surface area (Å²) in [6, 6.07) is 0. The maximum absolute atomic E-state index is 12.9. The standard InChI is InChI=1S/C11H16F2O/c1-3-8(6(2)14)7-4-9-10(5-7)11(9,12)13/h7-10H,3-5H2,1-2H3. The highest BCUT2D eigenvalue weighted by atomic mass is 19.3. The number of rotatable bonds is 3. The van der Waals surface area contributed by atoms with E-state index in [-0.39, 0.29) is 17.6 Å². The zero-order valence-corrected chi connectivity index (χ0v) is 8.59. The SMILES string of the molecule is CCC(C(C)=O)C1CC2C(C1)C2(F)F. The average Bonchev–Trinajstić information content (AvgIpc) is 2.50. The van der Waals surface area contributed by atoms with Gasteiger partial charge in [-0.1, -0.05) is 6.92 Å². The Bertz CT molecular complexity index is 248. The molecule has 0 spiro atoms. The first-order valence-electron chi connectivity index (χ1n) is 5.36. The third kappa shape index (κ3) is 1.29. The first-order valence-corrected chi connectivity index (χ1v) is 5.36. The number of halogens is 2. The van der Waals surface area contributed by atoms with Gasteiger partial charge in [0.25, 0.3) is 5.92 Å². The van der Waals surface area contributed by atoms with Crippen LogP contribution in [0.3, 0.4) is 0 Å². The Balaban J connectivity index is 1.96. The molecule has 0 aromatic rings. The van der Waals surface area contributed by atoms with Gasteiger partial charge in [-0.15, -0.1) is 0 Å². The lowest BCUT2D eigenvalue weighted by Gasteiger charge is -2.21. The lowest BCUT2D eigenvalue weighted by atomic mass is 9.83. The van der Waals surface area contributed by atoms with Crippen molar-refractivity contribution in [1.29, 1.82) is 0 Å². The molecule has 0 radical (unpaired) electrons. The van der Waals surface area contributed by atoms with Crippen LogP contribution in [-0.2, 0) is 4.79 Å². The van der Waals surface area contributed by atoms with E-state index < -0.39 is 17.8 Å². The van der Waals surface area contributed by atoms with E-state index in [9.17, 15) is 13.6 Å². The minimum atomic E-state index is -2.40. The van der Waals surface area contributed by atoms with Crippen molar-refractivity contribution in [2.45, 2.75) is 39.0 Å². The van der Waals surface area contributed by atoms with Gasteiger partial charge in [0.2, 0.25) is 0 Å². The van der Waals surface area contributed by atoms with Gasteiger partial charge in [-0.2, -0.15) is 0 Å². The second-order valence-corrected chi connectivity index (χ2v) is 4.74. The van der Waals surface area contributed by atoms with Gasteiger partial charge in [-0.05, 0) is 32.1 Å². The molecule has 1 nitrogen and oxygen atoms in total. The quantitative estimate of drug-likeness (QED) is 0.687. The third-order valence-electron chi connectivity index (χ3n) is 4.01. The molecule has 2 rings (SSSR count). The molecule has 2 saturated carbocycles. The maximum atomic E-state index is 12.9. The van der Waals surface area contributed by atoms with Crippen LogP contribution in [0.5, 0.6) is 0 Å². The molecule has 0 aromatic carbocycles. The molecule has 0 heterocycles. The maximum Gasteiger partial charge on any atom is 0.254 e. The Hall–Kier alpha value is -0.470. The second-order valence-electron chi connectivity index (χ2n) is 4.74. The van der Waals surface area contributed by atoms with E-state index in [1.165, 1.54) is 0 Å². The molecule has 3 atom stereocenters. The van der Waals surface area contributed by atoms with Gasteiger partial charge in [0.1, 0.15) is 5.78 Å². The van der Waals surface area contributed by atoms with Crippen molar-refractivity contribution in [3.8, 4) is 0 Å². The van der Waals surface area contributed by atoms with Crippen molar-refractivity contribution in [2.24, 2.45) is 23.7 Å². The van der Waals surface area contributed by atoms with E-state index in [4.69, 9.17) is 0 Å². The molecule has 0 saturated heterocycles. The topological polar surface area (TPSA) is 17.1 Å². The summed E-state index contributed by atoms with van der Waals surface area (Å²) in [5.41, 5.74) is 0. The predicted octanol–water partition coefficient (Wildman–Crippen LogP) is 2.89. The van der Waals surface area contributed by atoms with Crippen LogP contribution in [0.4, 0.5) is 8.78 Å². The van der Waals surface area contributed by atoms with Crippen molar-refractivity contribution in [2.75, 3.05) is 0 Å². The fourth-order valence-electron chi connectivity index (χ4n) is 3.13. The Morgan fingerprint density at radius 3 is 2.29 bits per heavy atom. The minimum absolute atomic E-state index is 0.0265. The van der Waals surface area contributed by atoms with E-state index >= 15 is 0 Å². The summed E-state index contributed by atoms with van der Waals surface area (Å²) in [4.78, 5) is 11.3. The molecule has 0 aromatic heterocycles. The predicted molar refractivity (Wildman–Crippen MR) is 49.1 cm³/mol. The molecule has 0 N–H and O–H groups in total. The highest BCUT2D eigenvalue weighted by molar-refractivity contribution is 5.78. The summed E-state index contributed by atoms with van der Waals surface area (Å²) >= 11 is 0. The number of fused-ring (bicyclic) bond motifs is 1. The van der Waals surface area contributed by atoms with Crippen LogP contribution in [0.1, 0.15) is 33.1 Å². The van der Waals surface area contributed by atoms with E-state index in [1.54, 1.807) is 6.92 Å². The average molecular weight is 202 g/mol. The van der Waals surface area contributed by atoms with Gasteiger partial charge in [0, 0.05) is 17.8 Å². The summed E-state index contributed by atoms with van der Waals surface area (Å²) < 4.78 is 25.8. The van der Waals surface area contributed by atoms with Crippen LogP contribution < -0.4 is 0 Å². The molecule has 2 fully saturated rings. The monoisotopic (exact) mass is 202 g/mol. The number of alkyl halides is 2. The zero-order valence-electron chi connectivity index (χ0n) is 8.59. The van der Waals surface area contributed by atoms with Crippen molar-refractivity contribution < 1.29 is 13.6 Å². The Morgan fingerprint density at radius 1 is 1.43 bits per heavy atom. The molecule has 0 amide bonds. The van der Waals surface area contributed by atoms with Gasteiger partial charge >= 0.3 is 0 Å². The normalized spacial score (nSPS) is 40.4. The van der Waals surface area contributed by atoms with Gasteiger partial charge in [0.15, 0.2) is 0 Å². The second kappa shape index (κ2) is 3.01. The van der Waals surface area contributed by atoms with Crippen molar-refractivity contribution >= 4 is 5.78 Å². The number of ketones is 1. The summed E-state index contributed by atoms with van der Waals surface area (Å²) in [7, 11) is 0. The smallest absolute Gasteiger partial charge is 0.254 e. The first kappa shape index (κ1) is 10.1. The molecule has 3 heteroatoms. The van der Waals surface area contributed by atoms with Gasteiger partial charge in [0.05, 0.1) is 0 Å². The summed E-state index contributed by atoms with van der Waals surface area (Å²) in [5.74, 6) is -2.78. The Labute approximate surface area is 82.9 Å². The van der Waals surface area contributed by atoms with E-state index in [2.05, 4.69) is 0 Å². The lowest BCUT2D eigenvalue weighted by Crippen LogP contribution is -2.22. The fourth-order valence-corrected chi connectivity index (χ4v) is 3.13. The van der Waals surface area contributed by atoms with E-state index in [1.807, 2.05) is 6.92 Å². The van der Waals surface area contributed by atoms with Crippen LogP contribution in [0.25, 0.3) is 0 Å². The zero-order chi connectivity index (χ0) is 10.5. The largest absolute Gasteiger partial charge is 0.300 e. The summed E-state index contributed by atoms with van der Waals surface area (Å²) in [5, 5.41) is 0. The number of carbonyl (C=O) groups excluding carboxylic acids is 1. The van der Waals surface area contributed by atoms with Crippen LogP contribution in [0.15, 0.2) is 0 Å². The molecule has 2 aliphatic rings. The van der Waals surface area contributed by atoms with E-state index in [0.717, 1.165) is 6.42 Å². The van der Waals surface area contributed by atoms with Crippen LogP contribution in [0, 0.1) is 23.7 Å². The highest BCUT2D eigenvalue weighted by Gasteiger charge is 2.71. The fraction of sp³-hybridized carbons (Fsp3) is 0.909. The molecule has 14 heavy (non-hydrogen) atoms. The van der Waals surface area contributed by atoms with Crippen molar-refractivity contribution in [3.05, 3.63) is 0 Å². The summed E-state index contributed by atoms with van der Waals surface area (Å²) in [6.45, 7) is 3.55. The van der Waals surface area contributed by atoms with E-state index in [0.29, 0.717) is 12.8 Å². The van der Waals surface area contributed by atoms with Gasteiger partial charge in [-0.3, -0.25) is 4.79 Å². The summed E-state index contributed by atoms with van der Waals surface area (Å²) in [6.07, 6.45) is 1.93. The van der Waals surface area contributed by atoms with Crippen LogP contribution in [-0.4, -0.2) is 11.7 Å². The molecular weight excluding hydrogens is 186 g/mol. The number of hydrogen-bond donors (Lipinski definition) is 0. The van der Waals surface area contributed by atoms with Crippen molar-refractivity contribution in [1.82, 2.24) is 0 Å². The molecule has 3 unspecified atom stereocenters. The third-order valence-corrected chi connectivity index (χ3v) is 4.01. The van der Waals surface area contributed by atoms with Crippen LogP contribution >= 0.6 is 0 Å². The minimum Gasteiger partial charge on any atom is -0.300 e. The Morgan fingerprint density at radius 2 is 1.93 bits per heavy atom. The molecule has 2 aliphatic carbocycles. The van der Waals surface area contributed by atoms with Crippen LogP contribution in [0.2, 0.25) is 0 Å². The Kier molecular flexibility index (Phi) is 2.16. The molecular formula is C11H16F2O.